The van der Waals surface area contributed by atoms with Crippen LogP contribution in [-0.4, -0.2) is 5.54 Å². The van der Waals surface area contributed by atoms with Crippen LogP contribution in [0.15, 0.2) is 42.5 Å². The first-order valence-electron chi connectivity index (χ1n) is 7.11. The maximum atomic E-state index is 6.07. The Bertz CT molecular complexity index is 617. The Hall–Kier alpha value is -1.07. The Morgan fingerprint density at radius 1 is 1.10 bits per heavy atom. The molecule has 3 heteroatoms. The number of ether oxygens (including phenoxy) is 1. The standard InChI is InChI=1S/C18H22INO/c1-13-8-9-17(14(10-13)12-20-18(2,3)4)21-16-7-5-6-15(19)11-16/h5-11,20H,12H2,1-4H3. The van der Waals surface area contributed by atoms with E-state index >= 15 is 0 Å². The Morgan fingerprint density at radius 3 is 2.52 bits per heavy atom. The van der Waals surface area contributed by atoms with Crippen molar-refractivity contribution >= 4 is 22.6 Å². The predicted molar refractivity (Wildman–Crippen MR) is 97.0 cm³/mol. The second-order valence-corrected chi connectivity index (χ2v) is 7.52. The van der Waals surface area contributed by atoms with Crippen LogP contribution in [0.25, 0.3) is 0 Å². The smallest absolute Gasteiger partial charge is 0.131 e. The Balaban J connectivity index is 2.22. The van der Waals surface area contributed by atoms with Crippen molar-refractivity contribution < 1.29 is 4.74 Å². The fraction of sp³-hybridized carbons (Fsp3) is 0.333. The average Bonchev–Trinajstić information content (AvgIpc) is 2.38. The van der Waals surface area contributed by atoms with Gasteiger partial charge in [0.05, 0.1) is 0 Å². The predicted octanol–water partition coefficient (Wildman–Crippen LogP) is 5.28. The van der Waals surface area contributed by atoms with Crippen LogP contribution in [0.1, 0.15) is 31.9 Å². The molecule has 21 heavy (non-hydrogen) atoms. The van der Waals surface area contributed by atoms with Crippen LogP contribution >= 0.6 is 22.6 Å². The summed E-state index contributed by atoms with van der Waals surface area (Å²) >= 11 is 2.30. The summed E-state index contributed by atoms with van der Waals surface area (Å²) in [7, 11) is 0. The molecule has 112 valence electrons. The molecule has 0 amide bonds. The lowest BCUT2D eigenvalue weighted by molar-refractivity contribution is 0.414. The number of benzene rings is 2. The molecule has 0 atom stereocenters. The van der Waals surface area contributed by atoms with Gasteiger partial charge < -0.3 is 10.1 Å². The van der Waals surface area contributed by atoms with Crippen LogP contribution in [0.5, 0.6) is 11.5 Å². The SMILES string of the molecule is Cc1ccc(Oc2cccc(I)c2)c(CNC(C)(C)C)c1. The van der Waals surface area contributed by atoms with Gasteiger partial charge in [-0.3, -0.25) is 0 Å². The van der Waals surface area contributed by atoms with E-state index in [1.165, 1.54) is 14.7 Å². The summed E-state index contributed by atoms with van der Waals surface area (Å²) < 4.78 is 7.24. The number of rotatable bonds is 4. The van der Waals surface area contributed by atoms with Crippen molar-refractivity contribution in [2.24, 2.45) is 0 Å². The monoisotopic (exact) mass is 395 g/mol. The molecular weight excluding hydrogens is 373 g/mol. The van der Waals surface area contributed by atoms with Crippen LogP contribution in [0, 0.1) is 10.5 Å². The normalized spacial score (nSPS) is 11.5. The zero-order valence-corrected chi connectivity index (χ0v) is 15.2. The van der Waals surface area contributed by atoms with Crippen LogP contribution in [0.2, 0.25) is 0 Å². The lowest BCUT2D eigenvalue weighted by Crippen LogP contribution is -2.35. The van der Waals surface area contributed by atoms with E-state index in [0.29, 0.717) is 0 Å². The first-order chi connectivity index (χ1) is 9.83. The van der Waals surface area contributed by atoms with E-state index in [-0.39, 0.29) is 5.54 Å². The summed E-state index contributed by atoms with van der Waals surface area (Å²) in [4.78, 5) is 0. The van der Waals surface area contributed by atoms with Gasteiger partial charge in [-0.1, -0.05) is 23.8 Å². The highest BCUT2D eigenvalue weighted by atomic mass is 127. The topological polar surface area (TPSA) is 21.3 Å². The van der Waals surface area contributed by atoms with Gasteiger partial charge in [-0.2, -0.15) is 0 Å². The number of halogens is 1. The van der Waals surface area contributed by atoms with E-state index in [9.17, 15) is 0 Å². The fourth-order valence-electron chi connectivity index (χ4n) is 1.96. The molecule has 2 nitrogen and oxygen atoms in total. The van der Waals surface area contributed by atoms with Gasteiger partial charge in [0.15, 0.2) is 0 Å². The van der Waals surface area contributed by atoms with Crippen molar-refractivity contribution in [3.8, 4) is 11.5 Å². The van der Waals surface area contributed by atoms with Gasteiger partial charge in [0.1, 0.15) is 11.5 Å². The number of hydrogen-bond acceptors (Lipinski definition) is 2. The van der Waals surface area contributed by atoms with Crippen molar-refractivity contribution in [2.75, 3.05) is 0 Å². The Labute approximate surface area is 141 Å². The van der Waals surface area contributed by atoms with Crippen LogP contribution < -0.4 is 10.1 Å². The molecule has 0 heterocycles. The molecule has 2 rings (SSSR count). The van der Waals surface area contributed by atoms with Crippen molar-refractivity contribution in [3.05, 3.63) is 57.2 Å². The molecule has 0 radical (unpaired) electrons. The molecule has 0 unspecified atom stereocenters. The number of nitrogens with one attached hydrogen (secondary N) is 1. The molecule has 0 bridgehead atoms. The third kappa shape index (κ3) is 5.32. The quantitative estimate of drug-likeness (QED) is 0.712. The van der Waals surface area contributed by atoms with Crippen LogP contribution in [-0.2, 0) is 6.54 Å². The lowest BCUT2D eigenvalue weighted by atomic mass is 10.1. The molecule has 0 saturated heterocycles. The minimum Gasteiger partial charge on any atom is -0.457 e. The highest BCUT2D eigenvalue weighted by molar-refractivity contribution is 14.1. The van der Waals surface area contributed by atoms with Gasteiger partial charge in [-0.15, -0.1) is 0 Å². The third-order valence-electron chi connectivity index (χ3n) is 3.05. The van der Waals surface area contributed by atoms with Crippen molar-refractivity contribution in [1.29, 1.82) is 0 Å². The third-order valence-corrected chi connectivity index (χ3v) is 3.72. The number of aryl methyl sites for hydroxylation is 1. The van der Waals surface area contributed by atoms with Gasteiger partial charge in [0, 0.05) is 21.2 Å². The van der Waals surface area contributed by atoms with Crippen molar-refractivity contribution in [1.82, 2.24) is 5.32 Å². The van der Waals surface area contributed by atoms with Gasteiger partial charge in [-0.25, -0.2) is 0 Å². The molecule has 0 spiro atoms. The summed E-state index contributed by atoms with van der Waals surface area (Å²) in [6, 6.07) is 14.4. The molecule has 0 aliphatic carbocycles. The molecular formula is C18H22INO. The summed E-state index contributed by atoms with van der Waals surface area (Å²) in [6.45, 7) is 9.41. The summed E-state index contributed by atoms with van der Waals surface area (Å²) in [5.74, 6) is 1.79. The maximum absolute atomic E-state index is 6.07. The van der Waals surface area contributed by atoms with Gasteiger partial charge in [-0.05, 0) is 74.6 Å². The van der Waals surface area contributed by atoms with E-state index in [1.807, 2.05) is 18.2 Å². The molecule has 0 saturated carbocycles. The average molecular weight is 395 g/mol. The summed E-state index contributed by atoms with van der Waals surface area (Å²) in [5, 5.41) is 3.52. The molecule has 0 fully saturated rings. The first kappa shape index (κ1) is 16.3. The van der Waals surface area contributed by atoms with Crippen molar-refractivity contribution in [3.63, 3.8) is 0 Å². The van der Waals surface area contributed by atoms with Crippen molar-refractivity contribution in [2.45, 2.75) is 39.8 Å². The fourth-order valence-corrected chi connectivity index (χ4v) is 2.48. The van der Waals surface area contributed by atoms with E-state index in [0.717, 1.165) is 18.0 Å². The largest absolute Gasteiger partial charge is 0.457 e. The molecule has 1 N–H and O–H groups in total. The molecule has 0 aromatic heterocycles. The highest BCUT2D eigenvalue weighted by Gasteiger charge is 2.12. The van der Waals surface area contributed by atoms with Crippen LogP contribution in [0.4, 0.5) is 0 Å². The summed E-state index contributed by atoms with van der Waals surface area (Å²) in [6.07, 6.45) is 0. The molecule has 0 aliphatic rings. The zero-order valence-electron chi connectivity index (χ0n) is 13.0. The minimum atomic E-state index is 0.0865. The highest BCUT2D eigenvalue weighted by Crippen LogP contribution is 2.27. The van der Waals surface area contributed by atoms with Crippen LogP contribution in [0.3, 0.4) is 0 Å². The Kier molecular flexibility index (Phi) is 5.27. The first-order valence-corrected chi connectivity index (χ1v) is 8.19. The van der Waals surface area contributed by atoms with E-state index in [2.05, 4.69) is 79.9 Å². The van der Waals surface area contributed by atoms with E-state index in [4.69, 9.17) is 4.74 Å². The molecule has 2 aromatic carbocycles. The minimum absolute atomic E-state index is 0.0865. The second kappa shape index (κ2) is 6.79. The Morgan fingerprint density at radius 2 is 1.86 bits per heavy atom. The van der Waals surface area contributed by atoms with Gasteiger partial charge in [0.25, 0.3) is 0 Å². The zero-order chi connectivity index (χ0) is 15.5. The maximum Gasteiger partial charge on any atom is 0.131 e. The number of hydrogen-bond donors (Lipinski definition) is 1. The molecule has 0 aliphatic heterocycles. The van der Waals surface area contributed by atoms with E-state index in [1.54, 1.807) is 0 Å². The van der Waals surface area contributed by atoms with Gasteiger partial charge in [0.2, 0.25) is 0 Å². The second-order valence-electron chi connectivity index (χ2n) is 6.27. The molecule has 2 aromatic rings. The van der Waals surface area contributed by atoms with E-state index < -0.39 is 0 Å². The van der Waals surface area contributed by atoms with Gasteiger partial charge >= 0.3 is 0 Å². The summed E-state index contributed by atoms with van der Waals surface area (Å²) in [5.41, 5.74) is 2.52. The lowest BCUT2D eigenvalue weighted by Gasteiger charge is -2.22.